The van der Waals surface area contributed by atoms with E-state index in [9.17, 15) is 18.0 Å². The van der Waals surface area contributed by atoms with Crippen molar-refractivity contribution in [3.8, 4) is 5.75 Å². The van der Waals surface area contributed by atoms with Crippen LogP contribution in [0.15, 0.2) is 59.2 Å². The Bertz CT molecular complexity index is 1530. The number of aromatic nitrogens is 1. The Balaban J connectivity index is 1.40. The Labute approximate surface area is 226 Å². The molecule has 0 saturated carbocycles. The van der Waals surface area contributed by atoms with Crippen LogP contribution in [0.5, 0.6) is 5.75 Å². The van der Waals surface area contributed by atoms with Crippen LogP contribution in [0, 0.1) is 13.8 Å². The first-order valence-electron chi connectivity index (χ1n) is 12.3. The minimum absolute atomic E-state index is 0.00702. The van der Waals surface area contributed by atoms with Gasteiger partial charge in [-0.3, -0.25) is 9.59 Å². The number of aromatic amines is 1. The SMILES string of the molecule is Cc1cc(OCCCc2c(C(=O)NS(=O)(=O)CCCC(=O)c3ccco3)[nH]c3ccccc23)cc(C)c1Cl. The van der Waals surface area contributed by atoms with E-state index in [1.54, 1.807) is 6.07 Å². The van der Waals surface area contributed by atoms with E-state index in [-0.39, 0.29) is 35.8 Å². The molecular weight excluding hydrogens is 528 g/mol. The lowest BCUT2D eigenvalue weighted by Crippen LogP contribution is -2.33. The van der Waals surface area contributed by atoms with Crippen molar-refractivity contribution in [1.82, 2.24) is 9.71 Å². The summed E-state index contributed by atoms with van der Waals surface area (Å²) in [5, 5.41) is 1.56. The van der Waals surface area contributed by atoms with Gasteiger partial charge < -0.3 is 14.1 Å². The van der Waals surface area contributed by atoms with Gasteiger partial charge in [-0.1, -0.05) is 29.8 Å². The Hall–Kier alpha value is -3.56. The van der Waals surface area contributed by atoms with E-state index in [2.05, 4.69) is 9.71 Å². The Morgan fingerprint density at radius 3 is 2.50 bits per heavy atom. The van der Waals surface area contributed by atoms with E-state index in [4.69, 9.17) is 20.8 Å². The molecular formula is C28H29ClN2O6S. The second kappa shape index (κ2) is 11.9. The summed E-state index contributed by atoms with van der Waals surface area (Å²) in [6, 6.07) is 14.3. The number of aryl methyl sites for hydroxylation is 3. The van der Waals surface area contributed by atoms with Crippen LogP contribution in [-0.4, -0.2) is 37.5 Å². The van der Waals surface area contributed by atoms with Crippen molar-refractivity contribution in [3.63, 3.8) is 0 Å². The lowest BCUT2D eigenvalue weighted by atomic mass is 10.1. The predicted octanol–water partition coefficient (Wildman–Crippen LogP) is 5.77. The van der Waals surface area contributed by atoms with Crippen molar-refractivity contribution < 1.29 is 27.2 Å². The molecule has 0 atom stereocenters. The molecule has 2 aromatic heterocycles. The fourth-order valence-electron chi connectivity index (χ4n) is 4.31. The quantitative estimate of drug-likeness (QED) is 0.169. The number of sulfonamides is 1. The van der Waals surface area contributed by atoms with Gasteiger partial charge in [-0.2, -0.15) is 0 Å². The highest BCUT2D eigenvalue weighted by Crippen LogP contribution is 2.27. The van der Waals surface area contributed by atoms with E-state index in [0.717, 1.165) is 27.8 Å². The number of para-hydroxylation sites is 1. The Morgan fingerprint density at radius 2 is 1.79 bits per heavy atom. The van der Waals surface area contributed by atoms with E-state index in [1.807, 2.05) is 50.2 Å². The van der Waals surface area contributed by atoms with Gasteiger partial charge in [0.05, 0.1) is 18.6 Å². The molecule has 0 unspecified atom stereocenters. The molecule has 0 bridgehead atoms. The largest absolute Gasteiger partial charge is 0.494 e. The van der Waals surface area contributed by atoms with Gasteiger partial charge in [-0.05, 0) is 80.1 Å². The molecule has 8 nitrogen and oxygen atoms in total. The number of Topliss-reactive ketones (excluding diaryl/α,β-unsaturated/α-hetero) is 1. The molecule has 0 spiro atoms. The van der Waals surface area contributed by atoms with Crippen LogP contribution in [-0.2, 0) is 16.4 Å². The number of furan rings is 1. The summed E-state index contributed by atoms with van der Waals surface area (Å²) in [5.41, 5.74) is 3.51. The lowest BCUT2D eigenvalue weighted by molar-refractivity contribution is 0.0954. The summed E-state index contributed by atoms with van der Waals surface area (Å²) in [6.07, 6.45) is 2.53. The first-order chi connectivity index (χ1) is 18.1. The number of carbonyl (C=O) groups is 2. The Morgan fingerprint density at radius 1 is 1.05 bits per heavy atom. The van der Waals surface area contributed by atoms with Crippen LogP contribution >= 0.6 is 11.6 Å². The number of hydrogen-bond acceptors (Lipinski definition) is 6. The normalized spacial score (nSPS) is 11.6. The van der Waals surface area contributed by atoms with Crippen molar-refractivity contribution >= 4 is 44.2 Å². The molecule has 2 aromatic carbocycles. The summed E-state index contributed by atoms with van der Waals surface area (Å²) in [7, 11) is -3.96. The predicted molar refractivity (Wildman–Crippen MR) is 147 cm³/mol. The second-order valence-electron chi connectivity index (χ2n) is 9.10. The number of ketones is 1. The number of carbonyl (C=O) groups excluding carboxylic acids is 2. The summed E-state index contributed by atoms with van der Waals surface area (Å²) >= 11 is 6.23. The minimum atomic E-state index is -3.96. The molecule has 4 aromatic rings. The molecule has 4 rings (SSSR count). The van der Waals surface area contributed by atoms with Gasteiger partial charge in [0.1, 0.15) is 11.4 Å². The van der Waals surface area contributed by atoms with Crippen LogP contribution in [0.4, 0.5) is 0 Å². The second-order valence-corrected chi connectivity index (χ2v) is 11.3. The van der Waals surface area contributed by atoms with Crippen molar-refractivity contribution in [3.05, 3.63) is 88.0 Å². The number of H-pyrrole nitrogens is 1. The van der Waals surface area contributed by atoms with E-state index in [0.29, 0.717) is 30.0 Å². The standard InChI is InChI=1S/C28H29ClN2O6S/c1-18-16-20(17-19(2)26(18)29)36-13-5-9-22-21-8-3-4-10-23(21)30-27(22)28(33)31-38(34,35)15-7-11-24(32)25-12-6-14-37-25/h3-4,6,8,10,12,14,16-17,30H,5,7,9,11,13,15H2,1-2H3,(H,31,33). The molecule has 2 heterocycles. The monoisotopic (exact) mass is 556 g/mol. The zero-order valence-electron chi connectivity index (χ0n) is 21.2. The molecule has 0 aliphatic carbocycles. The molecule has 0 aliphatic rings. The summed E-state index contributed by atoms with van der Waals surface area (Å²) in [4.78, 5) is 28.2. The number of rotatable bonds is 12. The van der Waals surface area contributed by atoms with Gasteiger partial charge >= 0.3 is 0 Å². The fraction of sp³-hybridized carbons (Fsp3) is 0.286. The fourth-order valence-corrected chi connectivity index (χ4v) is 5.43. The maximum absolute atomic E-state index is 13.0. The molecule has 0 saturated heterocycles. The molecule has 0 radical (unpaired) electrons. The minimum Gasteiger partial charge on any atom is -0.494 e. The van der Waals surface area contributed by atoms with Crippen molar-refractivity contribution in [2.75, 3.05) is 12.4 Å². The number of amides is 1. The van der Waals surface area contributed by atoms with Crippen LogP contribution in [0.25, 0.3) is 10.9 Å². The average molecular weight is 557 g/mol. The number of halogens is 1. The summed E-state index contributed by atoms with van der Waals surface area (Å²) < 4.78 is 38.3. The van der Waals surface area contributed by atoms with Crippen molar-refractivity contribution in [2.24, 2.45) is 0 Å². The molecule has 1 amide bonds. The van der Waals surface area contributed by atoms with E-state index < -0.39 is 15.9 Å². The number of nitrogens with one attached hydrogen (secondary N) is 2. The van der Waals surface area contributed by atoms with E-state index >= 15 is 0 Å². The third-order valence-corrected chi connectivity index (χ3v) is 8.07. The number of fused-ring (bicyclic) bond motifs is 1. The van der Waals surface area contributed by atoms with Gasteiger partial charge in [0, 0.05) is 22.3 Å². The Kier molecular flexibility index (Phi) is 8.58. The summed E-state index contributed by atoms with van der Waals surface area (Å²) in [5.74, 6) is -0.495. The first kappa shape index (κ1) is 27.5. The van der Waals surface area contributed by atoms with Crippen molar-refractivity contribution in [2.45, 2.75) is 39.5 Å². The van der Waals surface area contributed by atoms with Crippen LogP contribution < -0.4 is 9.46 Å². The zero-order valence-corrected chi connectivity index (χ0v) is 22.7. The van der Waals surface area contributed by atoms with Crippen molar-refractivity contribution in [1.29, 1.82) is 0 Å². The lowest BCUT2D eigenvalue weighted by Gasteiger charge is -2.11. The third kappa shape index (κ3) is 6.65. The maximum Gasteiger partial charge on any atom is 0.281 e. The number of ether oxygens (including phenoxy) is 1. The van der Waals surface area contributed by atoms with Gasteiger partial charge in [0.15, 0.2) is 11.5 Å². The molecule has 2 N–H and O–H groups in total. The maximum atomic E-state index is 13.0. The van der Waals surface area contributed by atoms with E-state index in [1.165, 1.54) is 12.3 Å². The highest BCUT2D eigenvalue weighted by atomic mass is 35.5. The van der Waals surface area contributed by atoms with Gasteiger partial charge in [-0.25, -0.2) is 13.1 Å². The molecule has 0 aliphatic heterocycles. The topological polar surface area (TPSA) is 118 Å². The van der Waals surface area contributed by atoms with Gasteiger partial charge in [0.2, 0.25) is 10.0 Å². The number of hydrogen-bond donors (Lipinski definition) is 2. The van der Waals surface area contributed by atoms with Crippen LogP contribution in [0.1, 0.15) is 57.0 Å². The number of benzene rings is 2. The first-order valence-corrected chi connectivity index (χ1v) is 14.3. The van der Waals surface area contributed by atoms with Gasteiger partial charge in [0.25, 0.3) is 5.91 Å². The highest BCUT2D eigenvalue weighted by molar-refractivity contribution is 7.90. The third-order valence-electron chi connectivity index (χ3n) is 6.15. The highest BCUT2D eigenvalue weighted by Gasteiger charge is 2.22. The van der Waals surface area contributed by atoms with Gasteiger partial charge in [-0.15, -0.1) is 0 Å². The molecule has 38 heavy (non-hydrogen) atoms. The zero-order chi connectivity index (χ0) is 27.3. The summed E-state index contributed by atoms with van der Waals surface area (Å²) in [6.45, 7) is 4.25. The average Bonchev–Trinajstić information content (AvgIpc) is 3.53. The molecule has 200 valence electrons. The molecule has 10 heteroatoms. The molecule has 0 fully saturated rings. The van der Waals surface area contributed by atoms with Crippen LogP contribution in [0.2, 0.25) is 5.02 Å². The van der Waals surface area contributed by atoms with Crippen LogP contribution in [0.3, 0.4) is 0 Å². The smallest absolute Gasteiger partial charge is 0.281 e.